The molecular weight excluding hydrogens is 454 g/mol. The number of hydrogen-bond donors (Lipinski definition) is 1. The molecule has 1 N–H and O–H groups in total. The Balaban J connectivity index is 1.50. The molecule has 172 valence electrons. The van der Waals surface area contributed by atoms with Crippen LogP contribution in [0.3, 0.4) is 0 Å². The second kappa shape index (κ2) is 9.93. The van der Waals surface area contributed by atoms with E-state index in [9.17, 15) is 14.4 Å². The molecule has 7 heteroatoms. The predicted molar refractivity (Wildman–Crippen MR) is 131 cm³/mol. The van der Waals surface area contributed by atoms with Gasteiger partial charge in [0.15, 0.2) is 29.7 Å². The average molecular weight is 476 g/mol. The summed E-state index contributed by atoms with van der Waals surface area (Å²) in [5.74, 6) is -0.175. The summed E-state index contributed by atoms with van der Waals surface area (Å²) < 4.78 is 11.4. The van der Waals surface area contributed by atoms with Crippen LogP contribution >= 0.6 is 11.6 Å². The first-order valence-corrected chi connectivity index (χ1v) is 11.1. The van der Waals surface area contributed by atoms with Crippen LogP contribution in [-0.4, -0.2) is 30.7 Å². The monoisotopic (exact) mass is 475 g/mol. The van der Waals surface area contributed by atoms with Gasteiger partial charge < -0.3 is 14.8 Å². The van der Waals surface area contributed by atoms with Gasteiger partial charge in [0.1, 0.15) is 0 Å². The summed E-state index contributed by atoms with van der Waals surface area (Å²) in [6.07, 6.45) is 1.55. The molecule has 0 fully saturated rings. The van der Waals surface area contributed by atoms with Crippen molar-refractivity contribution in [3.63, 3.8) is 0 Å². The van der Waals surface area contributed by atoms with E-state index in [0.717, 1.165) is 5.56 Å². The number of fused-ring (bicyclic) bond motifs is 1. The highest BCUT2D eigenvalue weighted by Gasteiger charge is 2.32. The van der Waals surface area contributed by atoms with E-state index < -0.39 is 0 Å². The van der Waals surface area contributed by atoms with Crippen molar-refractivity contribution in [1.29, 1.82) is 0 Å². The van der Waals surface area contributed by atoms with Crippen LogP contribution in [0.4, 0.5) is 5.69 Å². The maximum Gasteiger partial charge on any atom is 0.262 e. The quantitative estimate of drug-likeness (QED) is 0.359. The molecule has 1 amide bonds. The molecule has 0 aromatic heterocycles. The first-order valence-electron chi connectivity index (χ1n) is 10.7. The number of aryl methyl sites for hydroxylation is 1. The van der Waals surface area contributed by atoms with Crippen molar-refractivity contribution >= 4 is 40.8 Å². The van der Waals surface area contributed by atoms with E-state index in [1.807, 2.05) is 19.9 Å². The van der Waals surface area contributed by atoms with Gasteiger partial charge in [0.2, 0.25) is 0 Å². The molecule has 4 rings (SSSR count). The lowest BCUT2D eigenvalue weighted by Crippen LogP contribution is -2.20. The number of allylic oxidation sites excluding steroid dienone is 1. The van der Waals surface area contributed by atoms with Crippen molar-refractivity contribution in [2.75, 3.05) is 18.5 Å². The van der Waals surface area contributed by atoms with Gasteiger partial charge in [-0.15, -0.1) is 0 Å². The molecule has 0 heterocycles. The van der Waals surface area contributed by atoms with Crippen molar-refractivity contribution in [3.05, 3.63) is 93.5 Å². The standard InChI is InChI=1S/C27H22ClNO5/c1-3-33-24-13-17(12-21-26(31)19-6-4-5-7-20(19)27(21)32)9-11-23(24)34-15-25(30)29-22-14-18(28)10-8-16(22)2/h4-14H,3,15H2,1-2H3,(H,29,30). The molecule has 1 aliphatic carbocycles. The number of amides is 1. The minimum atomic E-state index is -0.348. The third-order valence-electron chi connectivity index (χ3n) is 5.32. The van der Waals surface area contributed by atoms with Gasteiger partial charge in [-0.05, 0) is 55.3 Å². The number of carbonyl (C=O) groups is 3. The third kappa shape index (κ3) is 4.87. The number of anilines is 1. The molecule has 0 atom stereocenters. The van der Waals surface area contributed by atoms with Gasteiger partial charge >= 0.3 is 0 Å². The molecular formula is C27H22ClNO5. The molecule has 0 saturated heterocycles. The highest BCUT2D eigenvalue weighted by molar-refractivity contribution is 6.41. The normalized spacial score (nSPS) is 12.4. The molecule has 0 aliphatic heterocycles. The number of hydrogen-bond acceptors (Lipinski definition) is 5. The van der Waals surface area contributed by atoms with Gasteiger partial charge in [0.05, 0.1) is 12.2 Å². The zero-order chi connectivity index (χ0) is 24.2. The van der Waals surface area contributed by atoms with Gasteiger partial charge in [-0.25, -0.2) is 0 Å². The smallest absolute Gasteiger partial charge is 0.262 e. The van der Waals surface area contributed by atoms with Gasteiger partial charge in [-0.2, -0.15) is 0 Å². The SMILES string of the molecule is CCOc1cc(C=C2C(=O)c3ccccc3C2=O)ccc1OCC(=O)Nc1cc(Cl)ccc1C. The Bertz CT molecular complexity index is 1290. The third-order valence-corrected chi connectivity index (χ3v) is 5.55. The first kappa shape index (κ1) is 23.3. The number of benzene rings is 3. The largest absolute Gasteiger partial charge is 0.490 e. The second-order valence-electron chi connectivity index (χ2n) is 7.70. The predicted octanol–water partition coefficient (Wildman–Crippen LogP) is 5.53. The Labute approximate surface area is 202 Å². The van der Waals surface area contributed by atoms with E-state index in [1.165, 1.54) is 0 Å². The minimum absolute atomic E-state index is 0.105. The van der Waals surface area contributed by atoms with Crippen LogP contribution in [0.2, 0.25) is 5.02 Å². The van der Waals surface area contributed by atoms with Crippen LogP contribution in [-0.2, 0) is 4.79 Å². The Kier molecular flexibility index (Phi) is 6.80. The Morgan fingerprint density at radius 1 is 0.941 bits per heavy atom. The molecule has 6 nitrogen and oxygen atoms in total. The zero-order valence-corrected chi connectivity index (χ0v) is 19.4. The van der Waals surface area contributed by atoms with E-state index in [2.05, 4.69) is 5.32 Å². The first-order chi connectivity index (χ1) is 16.4. The molecule has 0 saturated carbocycles. The number of nitrogens with one attached hydrogen (secondary N) is 1. The number of ether oxygens (including phenoxy) is 2. The van der Waals surface area contributed by atoms with Crippen LogP contribution in [0, 0.1) is 6.92 Å². The lowest BCUT2D eigenvalue weighted by Gasteiger charge is -2.13. The summed E-state index contributed by atoms with van der Waals surface area (Å²) in [4.78, 5) is 37.7. The molecule has 0 bridgehead atoms. The van der Waals surface area contributed by atoms with Crippen LogP contribution in [0.15, 0.2) is 66.2 Å². The maximum absolute atomic E-state index is 12.7. The van der Waals surface area contributed by atoms with E-state index >= 15 is 0 Å². The van der Waals surface area contributed by atoms with Crippen molar-refractivity contribution in [3.8, 4) is 11.5 Å². The lowest BCUT2D eigenvalue weighted by atomic mass is 10.1. The summed E-state index contributed by atoms with van der Waals surface area (Å²) in [6.45, 7) is 3.82. The second-order valence-corrected chi connectivity index (χ2v) is 8.13. The van der Waals surface area contributed by atoms with Crippen LogP contribution < -0.4 is 14.8 Å². The summed E-state index contributed by atoms with van der Waals surface area (Å²) >= 11 is 6.00. The van der Waals surface area contributed by atoms with Crippen LogP contribution in [0.5, 0.6) is 11.5 Å². The van der Waals surface area contributed by atoms with Crippen molar-refractivity contribution in [2.24, 2.45) is 0 Å². The molecule has 34 heavy (non-hydrogen) atoms. The summed E-state index contributed by atoms with van der Waals surface area (Å²) in [5, 5.41) is 3.30. The summed E-state index contributed by atoms with van der Waals surface area (Å²) in [6, 6.07) is 17.0. The Hall–Kier alpha value is -3.90. The fourth-order valence-corrected chi connectivity index (χ4v) is 3.80. The van der Waals surface area contributed by atoms with Gasteiger partial charge in [-0.3, -0.25) is 14.4 Å². The fraction of sp³-hybridized carbons (Fsp3) is 0.148. The number of ketones is 2. The Morgan fingerprint density at radius 3 is 2.32 bits per heavy atom. The maximum atomic E-state index is 12.7. The van der Waals surface area contributed by atoms with Crippen molar-refractivity contribution in [1.82, 2.24) is 0 Å². The number of carbonyl (C=O) groups excluding carboxylic acids is 3. The van der Waals surface area contributed by atoms with Gasteiger partial charge in [0.25, 0.3) is 5.91 Å². The molecule has 0 unspecified atom stereocenters. The molecule has 1 aliphatic rings. The molecule has 3 aromatic rings. The highest BCUT2D eigenvalue weighted by atomic mass is 35.5. The van der Waals surface area contributed by atoms with Crippen molar-refractivity contribution < 1.29 is 23.9 Å². The van der Waals surface area contributed by atoms with E-state index in [0.29, 0.717) is 45.5 Å². The minimum Gasteiger partial charge on any atom is -0.490 e. The molecule has 0 radical (unpaired) electrons. The molecule has 0 spiro atoms. The zero-order valence-electron chi connectivity index (χ0n) is 18.7. The van der Waals surface area contributed by atoms with E-state index in [4.69, 9.17) is 21.1 Å². The Morgan fingerprint density at radius 2 is 1.65 bits per heavy atom. The lowest BCUT2D eigenvalue weighted by molar-refractivity contribution is -0.118. The van der Waals surface area contributed by atoms with Crippen LogP contribution in [0.1, 0.15) is 38.8 Å². The topological polar surface area (TPSA) is 81.7 Å². The highest BCUT2D eigenvalue weighted by Crippen LogP contribution is 2.32. The van der Waals surface area contributed by atoms with Crippen LogP contribution in [0.25, 0.3) is 6.08 Å². The van der Waals surface area contributed by atoms with Gasteiger partial charge in [0, 0.05) is 21.8 Å². The van der Waals surface area contributed by atoms with Crippen molar-refractivity contribution in [2.45, 2.75) is 13.8 Å². The summed E-state index contributed by atoms with van der Waals surface area (Å²) in [7, 11) is 0. The van der Waals surface area contributed by atoms with E-state index in [-0.39, 0.29) is 29.7 Å². The molecule has 3 aromatic carbocycles. The average Bonchev–Trinajstić information content (AvgIpc) is 3.06. The number of rotatable bonds is 7. The number of Topliss-reactive ketones (excluding diaryl/α,β-unsaturated/α-hetero) is 2. The van der Waals surface area contributed by atoms with E-state index in [1.54, 1.807) is 60.7 Å². The fourth-order valence-electron chi connectivity index (χ4n) is 3.63. The number of halogens is 1. The van der Waals surface area contributed by atoms with Gasteiger partial charge in [-0.1, -0.05) is 48.0 Å². The summed E-state index contributed by atoms with van der Waals surface area (Å²) in [5.41, 5.74) is 3.02.